The highest BCUT2D eigenvalue weighted by Gasteiger charge is 1.91. The first kappa shape index (κ1) is 8.69. The van der Waals surface area contributed by atoms with Crippen molar-refractivity contribution >= 4 is 17.5 Å². The summed E-state index contributed by atoms with van der Waals surface area (Å²) in [6.45, 7) is 2.77. The Hall–Kier alpha value is -0.310. The summed E-state index contributed by atoms with van der Waals surface area (Å²) in [4.78, 5) is 0. The maximum atomic E-state index is 4.94. The lowest BCUT2D eigenvalue weighted by molar-refractivity contribution is 0.207. The molecule has 3 heteroatoms. The maximum absolute atomic E-state index is 4.94. The topological polar surface area (TPSA) is 18.5 Å². The summed E-state index contributed by atoms with van der Waals surface area (Å²) in [6, 6.07) is 0. The van der Waals surface area contributed by atoms with Gasteiger partial charge >= 0.3 is 5.24 Å². The van der Waals surface area contributed by atoms with Crippen molar-refractivity contribution in [3.8, 4) is 0 Å². The van der Waals surface area contributed by atoms with E-state index in [0.29, 0.717) is 6.61 Å². The molecular formula is C6H12O2S. The molecule has 0 radical (unpaired) electrons. The molecule has 0 saturated carbocycles. The summed E-state index contributed by atoms with van der Waals surface area (Å²) in [5, 5.41) is 0.239. The third kappa shape index (κ3) is 5.56. The third-order valence-corrected chi connectivity index (χ3v) is 1.17. The highest BCUT2D eigenvalue weighted by atomic mass is 32.1. The van der Waals surface area contributed by atoms with Gasteiger partial charge in [-0.3, -0.25) is 0 Å². The molecule has 2 nitrogen and oxygen atoms in total. The third-order valence-electron chi connectivity index (χ3n) is 0.884. The molecule has 0 aliphatic rings. The van der Waals surface area contributed by atoms with Crippen LogP contribution in [0, 0.1) is 0 Å². The van der Waals surface area contributed by atoms with Crippen molar-refractivity contribution in [2.75, 3.05) is 13.7 Å². The second-order valence-electron chi connectivity index (χ2n) is 1.66. The molecule has 0 fully saturated rings. The van der Waals surface area contributed by atoms with Crippen molar-refractivity contribution < 1.29 is 9.47 Å². The van der Waals surface area contributed by atoms with Crippen LogP contribution >= 0.6 is 12.2 Å². The predicted molar refractivity (Wildman–Crippen MR) is 40.5 cm³/mol. The van der Waals surface area contributed by atoms with Gasteiger partial charge in [0.2, 0.25) is 0 Å². The fourth-order valence-electron chi connectivity index (χ4n) is 0.359. The first-order valence-corrected chi connectivity index (χ1v) is 3.42. The fraction of sp³-hybridized carbons (Fsp3) is 0.833. The van der Waals surface area contributed by atoms with E-state index in [4.69, 9.17) is 4.74 Å². The smallest absolute Gasteiger partial charge is 0.351 e. The van der Waals surface area contributed by atoms with Crippen molar-refractivity contribution in [2.45, 2.75) is 19.8 Å². The molecule has 0 N–H and O–H groups in total. The number of rotatable bonds is 3. The molecule has 0 aromatic rings. The summed E-state index contributed by atoms with van der Waals surface area (Å²) in [5.74, 6) is 0. The predicted octanol–water partition coefficient (Wildman–Crippen LogP) is 1.73. The van der Waals surface area contributed by atoms with Crippen molar-refractivity contribution in [1.82, 2.24) is 0 Å². The average molecular weight is 148 g/mol. The number of ether oxygens (including phenoxy) is 2. The Morgan fingerprint density at radius 3 is 2.67 bits per heavy atom. The zero-order valence-corrected chi connectivity index (χ0v) is 6.66. The van der Waals surface area contributed by atoms with Crippen LogP contribution in [0.5, 0.6) is 0 Å². The van der Waals surface area contributed by atoms with Crippen LogP contribution in [0.25, 0.3) is 0 Å². The zero-order chi connectivity index (χ0) is 7.11. The number of unbranched alkanes of at least 4 members (excludes halogenated alkanes) is 1. The number of hydrogen-bond donors (Lipinski definition) is 0. The number of methoxy groups -OCH3 is 1. The molecule has 0 aromatic carbocycles. The molecule has 0 aromatic heterocycles. The second kappa shape index (κ2) is 5.82. The average Bonchev–Trinajstić information content (AvgIpc) is 1.89. The van der Waals surface area contributed by atoms with Crippen LogP contribution in [0.1, 0.15) is 19.8 Å². The molecule has 9 heavy (non-hydrogen) atoms. The first-order chi connectivity index (χ1) is 4.31. The Bertz CT molecular complexity index is 83.1. The van der Waals surface area contributed by atoms with Crippen molar-refractivity contribution in [3.63, 3.8) is 0 Å². The maximum Gasteiger partial charge on any atom is 0.351 e. The Labute approximate surface area is 61.1 Å². The summed E-state index contributed by atoms with van der Waals surface area (Å²) in [5.41, 5.74) is 0. The van der Waals surface area contributed by atoms with Crippen LogP contribution in [-0.2, 0) is 9.47 Å². The minimum absolute atomic E-state index is 0.239. The Kier molecular flexibility index (Phi) is 5.62. The molecular weight excluding hydrogens is 136 g/mol. The van der Waals surface area contributed by atoms with Gasteiger partial charge in [-0.1, -0.05) is 13.3 Å². The molecule has 54 valence electrons. The molecule has 0 rings (SSSR count). The lowest BCUT2D eigenvalue weighted by Gasteiger charge is -2.02. The summed E-state index contributed by atoms with van der Waals surface area (Å²) < 4.78 is 9.55. The van der Waals surface area contributed by atoms with Gasteiger partial charge in [0.15, 0.2) is 0 Å². The van der Waals surface area contributed by atoms with E-state index in [1.165, 1.54) is 7.11 Å². The van der Waals surface area contributed by atoms with Gasteiger partial charge in [-0.25, -0.2) is 0 Å². The standard InChI is InChI=1S/C6H12O2S/c1-3-4-5-8-6(9)7-2/h3-5H2,1-2H3. The molecule has 0 aliphatic carbocycles. The van der Waals surface area contributed by atoms with E-state index in [1.807, 2.05) is 0 Å². The summed E-state index contributed by atoms with van der Waals surface area (Å²) in [7, 11) is 1.51. The van der Waals surface area contributed by atoms with E-state index < -0.39 is 0 Å². The second-order valence-corrected chi connectivity index (χ2v) is 1.99. The van der Waals surface area contributed by atoms with E-state index in [2.05, 4.69) is 23.9 Å². The monoisotopic (exact) mass is 148 g/mol. The molecule has 0 bridgehead atoms. The van der Waals surface area contributed by atoms with Gasteiger partial charge in [-0.05, 0) is 6.42 Å². The zero-order valence-electron chi connectivity index (χ0n) is 5.85. The van der Waals surface area contributed by atoms with Gasteiger partial charge in [-0.2, -0.15) is 0 Å². The highest BCUT2D eigenvalue weighted by Crippen LogP contribution is 1.89. The van der Waals surface area contributed by atoms with Gasteiger partial charge in [0.05, 0.1) is 13.7 Å². The first-order valence-electron chi connectivity index (χ1n) is 3.02. The Morgan fingerprint density at radius 1 is 1.56 bits per heavy atom. The van der Waals surface area contributed by atoms with Crippen LogP contribution in [0.3, 0.4) is 0 Å². The lowest BCUT2D eigenvalue weighted by Crippen LogP contribution is -2.04. The fourth-order valence-corrected chi connectivity index (χ4v) is 0.442. The molecule has 0 heterocycles. The number of thiocarbonyl (C=S) groups is 1. The normalized spacial score (nSPS) is 8.67. The van der Waals surface area contributed by atoms with Crippen molar-refractivity contribution in [3.05, 3.63) is 0 Å². The van der Waals surface area contributed by atoms with Gasteiger partial charge in [0, 0.05) is 12.2 Å². The van der Waals surface area contributed by atoms with Crippen LogP contribution < -0.4 is 0 Å². The van der Waals surface area contributed by atoms with E-state index in [-0.39, 0.29) is 5.24 Å². The van der Waals surface area contributed by atoms with Gasteiger partial charge in [0.25, 0.3) is 0 Å². The SMILES string of the molecule is CCCCOC(=S)OC. The summed E-state index contributed by atoms with van der Waals surface area (Å²) >= 11 is 4.62. The summed E-state index contributed by atoms with van der Waals surface area (Å²) in [6.07, 6.45) is 2.15. The molecule has 0 spiro atoms. The molecule has 0 unspecified atom stereocenters. The largest absolute Gasteiger partial charge is 0.460 e. The van der Waals surface area contributed by atoms with Crippen LogP contribution in [-0.4, -0.2) is 19.0 Å². The van der Waals surface area contributed by atoms with E-state index >= 15 is 0 Å². The lowest BCUT2D eigenvalue weighted by atomic mass is 10.4. The quantitative estimate of drug-likeness (QED) is 0.448. The van der Waals surface area contributed by atoms with E-state index in [9.17, 15) is 0 Å². The molecule has 0 aliphatic heterocycles. The van der Waals surface area contributed by atoms with Gasteiger partial charge in [-0.15, -0.1) is 0 Å². The van der Waals surface area contributed by atoms with Gasteiger partial charge < -0.3 is 9.47 Å². The van der Waals surface area contributed by atoms with Crippen LogP contribution in [0.2, 0.25) is 0 Å². The Morgan fingerprint density at radius 2 is 2.22 bits per heavy atom. The van der Waals surface area contributed by atoms with Crippen molar-refractivity contribution in [2.24, 2.45) is 0 Å². The van der Waals surface area contributed by atoms with Gasteiger partial charge in [0.1, 0.15) is 0 Å². The molecule has 0 saturated heterocycles. The van der Waals surface area contributed by atoms with Crippen LogP contribution in [0.15, 0.2) is 0 Å². The molecule has 0 atom stereocenters. The molecule has 0 amide bonds. The Balaban J connectivity index is 2.97. The number of hydrogen-bond acceptors (Lipinski definition) is 3. The minimum Gasteiger partial charge on any atom is -0.460 e. The van der Waals surface area contributed by atoms with E-state index in [1.54, 1.807) is 0 Å². The van der Waals surface area contributed by atoms with E-state index in [0.717, 1.165) is 12.8 Å². The van der Waals surface area contributed by atoms with Crippen LogP contribution in [0.4, 0.5) is 0 Å². The van der Waals surface area contributed by atoms with Crippen molar-refractivity contribution in [1.29, 1.82) is 0 Å². The minimum atomic E-state index is 0.239. The highest BCUT2D eigenvalue weighted by molar-refractivity contribution is 7.79.